The van der Waals surface area contributed by atoms with E-state index in [-0.39, 0.29) is 5.91 Å². The molecule has 5 heteroatoms. The topological polar surface area (TPSA) is 66.9 Å². The minimum atomic E-state index is -0.182. The van der Waals surface area contributed by atoms with Gasteiger partial charge in [0.15, 0.2) is 0 Å². The van der Waals surface area contributed by atoms with Crippen LogP contribution in [0.5, 0.6) is 0 Å². The van der Waals surface area contributed by atoms with Gasteiger partial charge in [0.1, 0.15) is 5.82 Å². The molecule has 0 aliphatic carbocycles. The van der Waals surface area contributed by atoms with Crippen molar-refractivity contribution in [2.75, 3.05) is 17.2 Å². The highest BCUT2D eigenvalue weighted by Crippen LogP contribution is 2.14. The standard InChI is InChI=1S/C16H20N4O/c1-4-9-17-15-8-6-13(10-18-15)16(21)20-14-7-5-11(2)19-12(14)3/h5-8,10H,4,9H2,1-3H3,(H,17,18)(H,20,21). The molecular weight excluding hydrogens is 264 g/mol. The van der Waals surface area contributed by atoms with Crippen molar-refractivity contribution in [1.82, 2.24) is 9.97 Å². The molecule has 2 N–H and O–H groups in total. The molecule has 1 amide bonds. The summed E-state index contributed by atoms with van der Waals surface area (Å²) in [4.78, 5) is 20.7. The maximum Gasteiger partial charge on any atom is 0.257 e. The van der Waals surface area contributed by atoms with Gasteiger partial charge in [-0.2, -0.15) is 0 Å². The molecule has 2 heterocycles. The number of hydrogen-bond acceptors (Lipinski definition) is 4. The van der Waals surface area contributed by atoms with E-state index in [0.29, 0.717) is 5.56 Å². The SMILES string of the molecule is CCCNc1ccc(C(=O)Nc2ccc(C)nc2C)cn1. The molecule has 110 valence electrons. The van der Waals surface area contributed by atoms with Crippen LogP contribution in [-0.2, 0) is 0 Å². The van der Waals surface area contributed by atoms with Crippen LogP contribution in [0.1, 0.15) is 35.1 Å². The van der Waals surface area contributed by atoms with Crippen LogP contribution in [0.3, 0.4) is 0 Å². The Bertz CT molecular complexity index is 623. The zero-order valence-corrected chi connectivity index (χ0v) is 12.6. The number of hydrogen-bond donors (Lipinski definition) is 2. The Morgan fingerprint density at radius 1 is 1.19 bits per heavy atom. The van der Waals surface area contributed by atoms with E-state index in [0.717, 1.165) is 35.9 Å². The van der Waals surface area contributed by atoms with Crippen molar-refractivity contribution in [3.8, 4) is 0 Å². The lowest BCUT2D eigenvalue weighted by Gasteiger charge is -2.09. The number of pyridine rings is 2. The first kappa shape index (κ1) is 15.0. The number of rotatable bonds is 5. The molecule has 2 aromatic rings. The molecule has 2 aromatic heterocycles. The molecule has 0 aromatic carbocycles. The summed E-state index contributed by atoms with van der Waals surface area (Å²) in [6.07, 6.45) is 2.61. The number of nitrogens with zero attached hydrogens (tertiary/aromatic N) is 2. The maximum absolute atomic E-state index is 12.2. The Kier molecular flexibility index (Phi) is 4.87. The molecule has 0 fully saturated rings. The number of carbonyl (C=O) groups excluding carboxylic acids is 1. The zero-order chi connectivity index (χ0) is 15.2. The van der Waals surface area contributed by atoms with E-state index < -0.39 is 0 Å². The van der Waals surface area contributed by atoms with Gasteiger partial charge in [-0.05, 0) is 44.5 Å². The highest BCUT2D eigenvalue weighted by atomic mass is 16.1. The van der Waals surface area contributed by atoms with E-state index in [9.17, 15) is 4.79 Å². The van der Waals surface area contributed by atoms with Gasteiger partial charge >= 0.3 is 0 Å². The van der Waals surface area contributed by atoms with Crippen LogP contribution >= 0.6 is 0 Å². The molecule has 5 nitrogen and oxygen atoms in total. The monoisotopic (exact) mass is 284 g/mol. The van der Waals surface area contributed by atoms with Crippen LogP contribution in [0.4, 0.5) is 11.5 Å². The van der Waals surface area contributed by atoms with E-state index in [2.05, 4.69) is 27.5 Å². The second-order valence-electron chi connectivity index (χ2n) is 4.90. The Labute approximate surface area is 124 Å². The van der Waals surface area contributed by atoms with E-state index >= 15 is 0 Å². The summed E-state index contributed by atoms with van der Waals surface area (Å²) in [5, 5.41) is 6.03. The molecule has 0 atom stereocenters. The minimum Gasteiger partial charge on any atom is -0.370 e. The van der Waals surface area contributed by atoms with Crippen LogP contribution in [0.25, 0.3) is 0 Å². The minimum absolute atomic E-state index is 0.182. The van der Waals surface area contributed by atoms with Crippen molar-refractivity contribution in [1.29, 1.82) is 0 Å². The number of aromatic nitrogens is 2. The first-order valence-corrected chi connectivity index (χ1v) is 7.05. The van der Waals surface area contributed by atoms with Crippen molar-refractivity contribution in [2.24, 2.45) is 0 Å². The molecule has 0 bridgehead atoms. The summed E-state index contributed by atoms with van der Waals surface area (Å²) < 4.78 is 0. The van der Waals surface area contributed by atoms with Crippen molar-refractivity contribution < 1.29 is 4.79 Å². The van der Waals surface area contributed by atoms with E-state index in [1.54, 1.807) is 12.3 Å². The second kappa shape index (κ2) is 6.83. The fourth-order valence-corrected chi connectivity index (χ4v) is 1.90. The third-order valence-corrected chi connectivity index (χ3v) is 3.06. The highest BCUT2D eigenvalue weighted by Gasteiger charge is 2.09. The van der Waals surface area contributed by atoms with Crippen LogP contribution in [-0.4, -0.2) is 22.4 Å². The molecule has 0 spiro atoms. The molecule has 0 aliphatic heterocycles. The summed E-state index contributed by atoms with van der Waals surface area (Å²) in [5.74, 6) is 0.597. The number of carbonyl (C=O) groups is 1. The summed E-state index contributed by atoms with van der Waals surface area (Å²) in [6.45, 7) is 6.75. The molecule has 0 saturated carbocycles. The fraction of sp³-hybridized carbons (Fsp3) is 0.312. The van der Waals surface area contributed by atoms with Crippen LogP contribution in [0.2, 0.25) is 0 Å². The molecular formula is C16H20N4O. The quantitative estimate of drug-likeness (QED) is 0.885. The predicted octanol–water partition coefficient (Wildman–Crippen LogP) is 3.17. The summed E-state index contributed by atoms with van der Waals surface area (Å²) >= 11 is 0. The Hall–Kier alpha value is -2.43. The highest BCUT2D eigenvalue weighted by molar-refractivity contribution is 6.04. The Morgan fingerprint density at radius 3 is 2.62 bits per heavy atom. The first-order valence-electron chi connectivity index (χ1n) is 7.05. The average Bonchev–Trinajstić information content (AvgIpc) is 2.48. The van der Waals surface area contributed by atoms with E-state index in [1.807, 2.05) is 32.0 Å². The van der Waals surface area contributed by atoms with Crippen molar-refractivity contribution in [2.45, 2.75) is 27.2 Å². The van der Waals surface area contributed by atoms with Gasteiger partial charge in [-0.1, -0.05) is 6.92 Å². The van der Waals surface area contributed by atoms with Crippen LogP contribution < -0.4 is 10.6 Å². The van der Waals surface area contributed by atoms with Gasteiger partial charge in [-0.15, -0.1) is 0 Å². The van der Waals surface area contributed by atoms with Crippen molar-refractivity contribution in [3.05, 3.63) is 47.4 Å². The number of aryl methyl sites for hydroxylation is 2. The summed E-state index contributed by atoms with van der Waals surface area (Å²) in [7, 11) is 0. The van der Waals surface area contributed by atoms with Crippen LogP contribution in [0.15, 0.2) is 30.5 Å². The lowest BCUT2D eigenvalue weighted by Crippen LogP contribution is -2.14. The number of anilines is 2. The number of amides is 1. The number of nitrogens with one attached hydrogen (secondary N) is 2. The second-order valence-corrected chi connectivity index (χ2v) is 4.90. The third kappa shape index (κ3) is 4.02. The van der Waals surface area contributed by atoms with Gasteiger partial charge in [-0.25, -0.2) is 4.98 Å². The third-order valence-electron chi connectivity index (χ3n) is 3.06. The van der Waals surface area contributed by atoms with Crippen molar-refractivity contribution >= 4 is 17.4 Å². The molecule has 21 heavy (non-hydrogen) atoms. The van der Waals surface area contributed by atoms with Crippen LogP contribution in [0, 0.1) is 13.8 Å². The van der Waals surface area contributed by atoms with Gasteiger partial charge in [0.05, 0.1) is 16.9 Å². The smallest absolute Gasteiger partial charge is 0.257 e. The zero-order valence-electron chi connectivity index (χ0n) is 12.6. The predicted molar refractivity (Wildman–Crippen MR) is 84.7 cm³/mol. The molecule has 0 radical (unpaired) electrons. The molecule has 0 saturated heterocycles. The lowest BCUT2D eigenvalue weighted by atomic mass is 10.2. The lowest BCUT2D eigenvalue weighted by molar-refractivity contribution is 0.102. The normalized spacial score (nSPS) is 10.2. The van der Waals surface area contributed by atoms with Gasteiger partial charge < -0.3 is 10.6 Å². The maximum atomic E-state index is 12.2. The Balaban J connectivity index is 2.06. The molecule has 2 rings (SSSR count). The molecule has 0 aliphatic rings. The molecule has 0 unspecified atom stereocenters. The largest absolute Gasteiger partial charge is 0.370 e. The fourth-order valence-electron chi connectivity index (χ4n) is 1.90. The van der Waals surface area contributed by atoms with E-state index in [1.165, 1.54) is 0 Å². The van der Waals surface area contributed by atoms with Gasteiger partial charge in [0.2, 0.25) is 0 Å². The Morgan fingerprint density at radius 2 is 2.00 bits per heavy atom. The first-order chi connectivity index (χ1) is 10.1. The van der Waals surface area contributed by atoms with Gasteiger partial charge in [0, 0.05) is 18.4 Å². The van der Waals surface area contributed by atoms with Gasteiger partial charge in [0.25, 0.3) is 5.91 Å². The van der Waals surface area contributed by atoms with Crippen molar-refractivity contribution in [3.63, 3.8) is 0 Å². The van der Waals surface area contributed by atoms with E-state index in [4.69, 9.17) is 0 Å². The summed E-state index contributed by atoms with van der Waals surface area (Å²) in [5.41, 5.74) is 2.98. The van der Waals surface area contributed by atoms with Gasteiger partial charge in [-0.3, -0.25) is 9.78 Å². The summed E-state index contributed by atoms with van der Waals surface area (Å²) in [6, 6.07) is 7.31. The average molecular weight is 284 g/mol.